The molecule has 0 atom stereocenters. The number of hydrogen-bond acceptors (Lipinski definition) is 4. The number of aryl methyl sites for hydroxylation is 1. The van der Waals surface area contributed by atoms with Gasteiger partial charge in [-0.25, -0.2) is 0 Å². The van der Waals surface area contributed by atoms with E-state index >= 15 is 0 Å². The van der Waals surface area contributed by atoms with Gasteiger partial charge in [0.05, 0.1) is 16.8 Å². The van der Waals surface area contributed by atoms with Crippen molar-refractivity contribution in [2.75, 3.05) is 5.73 Å². The van der Waals surface area contributed by atoms with E-state index < -0.39 is 11.3 Å². The number of nitrogen functional groups attached to an aromatic ring is 1. The Morgan fingerprint density at radius 1 is 1.30 bits per heavy atom. The predicted molar refractivity (Wildman–Crippen MR) is 75.9 cm³/mol. The lowest BCUT2D eigenvalue weighted by atomic mass is 10.1. The predicted octanol–water partition coefficient (Wildman–Crippen LogP) is 1.80. The molecule has 1 aromatic carbocycles. The SMILES string of the molecule is CC(=O)c1cc(C#N)c(N)n(-c2ccc(C)cc2)c1=O. The van der Waals surface area contributed by atoms with Gasteiger partial charge in [-0.1, -0.05) is 17.7 Å². The number of pyridine rings is 1. The summed E-state index contributed by atoms with van der Waals surface area (Å²) in [6.07, 6.45) is 0. The molecule has 100 valence electrons. The largest absolute Gasteiger partial charge is 0.384 e. The van der Waals surface area contributed by atoms with Crippen LogP contribution >= 0.6 is 0 Å². The lowest BCUT2D eigenvalue weighted by Gasteiger charge is -2.12. The Hall–Kier alpha value is -2.87. The zero-order valence-corrected chi connectivity index (χ0v) is 11.2. The highest BCUT2D eigenvalue weighted by Gasteiger charge is 2.16. The Kier molecular flexibility index (Phi) is 3.40. The van der Waals surface area contributed by atoms with E-state index in [1.165, 1.54) is 17.6 Å². The third-order valence-electron chi connectivity index (χ3n) is 3.03. The fourth-order valence-corrected chi connectivity index (χ4v) is 1.92. The van der Waals surface area contributed by atoms with Crippen molar-refractivity contribution in [1.29, 1.82) is 5.26 Å². The van der Waals surface area contributed by atoms with Crippen molar-refractivity contribution in [2.24, 2.45) is 0 Å². The number of anilines is 1. The summed E-state index contributed by atoms with van der Waals surface area (Å²) in [5.41, 5.74) is 6.97. The minimum Gasteiger partial charge on any atom is -0.384 e. The summed E-state index contributed by atoms with van der Waals surface area (Å²) >= 11 is 0. The van der Waals surface area contributed by atoms with Crippen molar-refractivity contribution in [3.8, 4) is 11.8 Å². The number of benzene rings is 1. The summed E-state index contributed by atoms with van der Waals surface area (Å²) in [5, 5.41) is 9.07. The zero-order valence-electron chi connectivity index (χ0n) is 11.2. The van der Waals surface area contributed by atoms with Crippen molar-refractivity contribution in [2.45, 2.75) is 13.8 Å². The molecule has 0 fully saturated rings. The second-order valence-corrected chi connectivity index (χ2v) is 4.50. The number of ketones is 1. The number of carbonyl (C=O) groups excluding carboxylic acids is 1. The maximum Gasteiger partial charge on any atom is 0.267 e. The summed E-state index contributed by atoms with van der Waals surface area (Å²) in [5.74, 6) is -0.362. The molecule has 0 amide bonds. The van der Waals surface area contributed by atoms with Gasteiger partial charge in [-0.2, -0.15) is 5.26 Å². The van der Waals surface area contributed by atoms with Gasteiger partial charge in [0.2, 0.25) is 0 Å². The molecule has 5 heteroatoms. The summed E-state index contributed by atoms with van der Waals surface area (Å²) in [7, 11) is 0. The summed E-state index contributed by atoms with van der Waals surface area (Å²) < 4.78 is 1.19. The van der Waals surface area contributed by atoms with Crippen molar-refractivity contribution < 1.29 is 4.79 Å². The maximum atomic E-state index is 12.3. The Labute approximate surface area is 115 Å². The highest BCUT2D eigenvalue weighted by molar-refractivity contribution is 5.94. The van der Waals surface area contributed by atoms with Gasteiger partial charge in [0.25, 0.3) is 5.56 Å². The van der Waals surface area contributed by atoms with E-state index in [-0.39, 0.29) is 16.9 Å². The minimum atomic E-state index is -0.516. The highest BCUT2D eigenvalue weighted by Crippen LogP contribution is 2.16. The number of Topliss-reactive ketones (excluding diaryl/α,β-unsaturated/α-hetero) is 1. The number of nitrogens with zero attached hydrogens (tertiary/aromatic N) is 2. The van der Waals surface area contributed by atoms with Crippen LogP contribution in [0.3, 0.4) is 0 Å². The van der Waals surface area contributed by atoms with Crippen LogP contribution in [-0.4, -0.2) is 10.4 Å². The van der Waals surface area contributed by atoms with E-state index in [4.69, 9.17) is 11.0 Å². The lowest BCUT2D eigenvalue weighted by Crippen LogP contribution is -2.27. The average molecular weight is 267 g/mol. The van der Waals surface area contributed by atoms with Gasteiger partial charge in [0.1, 0.15) is 11.9 Å². The molecule has 0 aliphatic rings. The Bertz CT molecular complexity index is 780. The fraction of sp³-hybridized carbons (Fsp3) is 0.133. The molecule has 5 nitrogen and oxygen atoms in total. The van der Waals surface area contributed by atoms with Crippen LogP contribution in [0.25, 0.3) is 5.69 Å². The van der Waals surface area contributed by atoms with Crippen LogP contribution < -0.4 is 11.3 Å². The second kappa shape index (κ2) is 5.02. The smallest absolute Gasteiger partial charge is 0.267 e. The Morgan fingerprint density at radius 3 is 2.40 bits per heavy atom. The van der Waals surface area contributed by atoms with Crippen LogP contribution in [0.1, 0.15) is 28.4 Å². The van der Waals surface area contributed by atoms with Crippen LogP contribution in [0.4, 0.5) is 5.82 Å². The maximum absolute atomic E-state index is 12.3. The monoisotopic (exact) mass is 267 g/mol. The normalized spacial score (nSPS) is 10.1. The van der Waals surface area contributed by atoms with Gasteiger partial charge in [0, 0.05) is 0 Å². The van der Waals surface area contributed by atoms with Crippen LogP contribution in [-0.2, 0) is 0 Å². The molecule has 0 aliphatic heterocycles. The van der Waals surface area contributed by atoms with Crippen LogP contribution in [0.5, 0.6) is 0 Å². The van der Waals surface area contributed by atoms with Gasteiger partial charge in [-0.15, -0.1) is 0 Å². The lowest BCUT2D eigenvalue weighted by molar-refractivity contribution is 0.101. The van der Waals surface area contributed by atoms with E-state index in [1.807, 2.05) is 25.1 Å². The van der Waals surface area contributed by atoms with Gasteiger partial charge in [0.15, 0.2) is 5.78 Å². The number of nitrogens with two attached hydrogens (primary N) is 1. The first-order valence-electron chi connectivity index (χ1n) is 5.99. The first-order chi connectivity index (χ1) is 9.45. The van der Waals surface area contributed by atoms with Gasteiger partial charge in [-0.3, -0.25) is 14.2 Å². The van der Waals surface area contributed by atoms with Crippen LogP contribution in [0.15, 0.2) is 35.1 Å². The Balaban J connectivity index is 2.84. The van der Waals surface area contributed by atoms with E-state index in [0.717, 1.165) is 5.56 Å². The molecule has 1 aromatic heterocycles. The van der Waals surface area contributed by atoms with Crippen molar-refractivity contribution >= 4 is 11.6 Å². The molecule has 1 heterocycles. The van der Waals surface area contributed by atoms with Crippen LogP contribution in [0, 0.1) is 18.3 Å². The molecule has 2 rings (SSSR count). The van der Waals surface area contributed by atoms with Gasteiger partial charge in [-0.05, 0) is 32.0 Å². The molecule has 2 N–H and O–H groups in total. The Morgan fingerprint density at radius 2 is 1.90 bits per heavy atom. The van der Waals surface area contributed by atoms with Crippen molar-refractivity contribution in [3.63, 3.8) is 0 Å². The van der Waals surface area contributed by atoms with Crippen LogP contribution in [0.2, 0.25) is 0 Å². The summed E-state index contributed by atoms with van der Waals surface area (Å²) in [4.78, 5) is 23.9. The molecule has 0 radical (unpaired) electrons. The fourth-order valence-electron chi connectivity index (χ4n) is 1.92. The standard InChI is InChI=1S/C15H13N3O2/c1-9-3-5-12(6-4-9)18-14(17)11(8-16)7-13(10(2)19)15(18)20/h3-7H,17H2,1-2H3. The van der Waals surface area contributed by atoms with E-state index in [9.17, 15) is 9.59 Å². The van der Waals surface area contributed by atoms with Crippen molar-refractivity contribution in [1.82, 2.24) is 4.57 Å². The molecule has 0 saturated heterocycles. The molecule has 0 unspecified atom stereocenters. The highest BCUT2D eigenvalue weighted by atomic mass is 16.1. The molecule has 0 spiro atoms. The third kappa shape index (κ3) is 2.19. The molecule has 2 aromatic rings. The van der Waals surface area contributed by atoms with E-state index in [0.29, 0.717) is 5.69 Å². The quantitative estimate of drug-likeness (QED) is 0.840. The first kappa shape index (κ1) is 13.6. The average Bonchev–Trinajstić information content (AvgIpc) is 2.41. The molecule has 0 bridgehead atoms. The molecule has 0 saturated carbocycles. The topological polar surface area (TPSA) is 88.9 Å². The number of rotatable bonds is 2. The number of hydrogen-bond donors (Lipinski definition) is 1. The molecular formula is C15H13N3O2. The summed E-state index contributed by atoms with van der Waals surface area (Å²) in [6, 6.07) is 10.2. The third-order valence-corrected chi connectivity index (χ3v) is 3.03. The van der Waals surface area contributed by atoms with Crippen molar-refractivity contribution in [3.05, 3.63) is 57.4 Å². The zero-order chi connectivity index (χ0) is 14.9. The minimum absolute atomic E-state index is 0.0337. The number of carbonyl (C=O) groups is 1. The van der Waals surface area contributed by atoms with Gasteiger partial charge < -0.3 is 5.73 Å². The summed E-state index contributed by atoms with van der Waals surface area (Å²) in [6.45, 7) is 3.20. The number of nitriles is 1. The molecule has 20 heavy (non-hydrogen) atoms. The number of aromatic nitrogens is 1. The molecular weight excluding hydrogens is 254 g/mol. The molecule has 0 aliphatic carbocycles. The van der Waals surface area contributed by atoms with E-state index in [1.54, 1.807) is 12.1 Å². The second-order valence-electron chi connectivity index (χ2n) is 4.50. The first-order valence-corrected chi connectivity index (χ1v) is 5.99. The van der Waals surface area contributed by atoms with E-state index in [2.05, 4.69) is 0 Å². The van der Waals surface area contributed by atoms with Gasteiger partial charge >= 0.3 is 0 Å².